The van der Waals surface area contributed by atoms with Crippen LogP contribution >= 0.6 is 0 Å². The van der Waals surface area contributed by atoms with E-state index in [-0.39, 0.29) is 11.7 Å². The SMILES string of the molecule is CNC1CCC(N(C)c2cc(F)cc(F)c2[N+](=O)[O-])CC1. The Hall–Kier alpha value is -1.76. The molecule has 116 valence electrons. The fourth-order valence-electron chi connectivity index (χ4n) is 2.95. The van der Waals surface area contributed by atoms with Gasteiger partial charge in [-0.1, -0.05) is 0 Å². The third-order valence-electron chi connectivity index (χ3n) is 4.22. The maximum absolute atomic E-state index is 13.7. The summed E-state index contributed by atoms with van der Waals surface area (Å²) < 4.78 is 27.1. The number of anilines is 1. The van der Waals surface area contributed by atoms with Crippen molar-refractivity contribution in [3.8, 4) is 0 Å². The van der Waals surface area contributed by atoms with Crippen molar-refractivity contribution in [3.05, 3.63) is 33.9 Å². The number of nitrogens with one attached hydrogen (secondary N) is 1. The van der Waals surface area contributed by atoms with Crippen LogP contribution in [0.3, 0.4) is 0 Å². The predicted octanol–water partition coefficient (Wildman–Crippen LogP) is 2.84. The molecule has 1 aliphatic carbocycles. The summed E-state index contributed by atoms with van der Waals surface area (Å²) in [7, 11) is 3.56. The van der Waals surface area contributed by atoms with Gasteiger partial charge >= 0.3 is 5.69 Å². The van der Waals surface area contributed by atoms with Gasteiger partial charge in [-0.15, -0.1) is 0 Å². The molecule has 1 saturated carbocycles. The molecular weight excluding hydrogens is 280 g/mol. The number of rotatable bonds is 4. The highest BCUT2D eigenvalue weighted by Crippen LogP contribution is 2.35. The van der Waals surface area contributed by atoms with E-state index in [1.54, 1.807) is 11.9 Å². The maximum Gasteiger partial charge on any atom is 0.328 e. The Balaban J connectivity index is 2.27. The Kier molecular flexibility index (Phi) is 4.72. The Morgan fingerprint density at radius 2 is 1.90 bits per heavy atom. The molecule has 1 fully saturated rings. The fourth-order valence-corrected chi connectivity index (χ4v) is 2.95. The highest BCUT2D eigenvalue weighted by Gasteiger charge is 2.30. The van der Waals surface area contributed by atoms with Crippen LogP contribution in [0.5, 0.6) is 0 Å². The van der Waals surface area contributed by atoms with Crippen LogP contribution in [0, 0.1) is 21.7 Å². The lowest BCUT2D eigenvalue weighted by molar-refractivity contribution is -0.386. The average molecular weight is 299 g/mol. The van der Waals surface area contributed by atoms with Gasteiger partial charge in [-0.2, -0.15) is 4.39 Å². The summed E-state index contributed by atoms with van der Waals surface area (Å²) in [5, 5.41) is 14.3. The number of nitrogens with zero attached hydrogens (tertiary/aromatic N) is 2. The van der Waals surface area contributed by atoms with Crippen LogP contribution in [0.2, 0.25) is 0 Å². The molecule has 0 aliphatic heterocycles. The lowest BCUT2D eigenvalue weighted by atomic mass is 9.90. The summed E-state index contributed by atoms with van der Waals surface area (Å²) in [4.78, 5) is 11.9. The molecule has 0 bridgehead atoms. The van der Waals surface area contributed by atoms with E-state index in [4.69, 9.17) is 0 Å². The quantitative estimate of drug-likeness (QED) is 0.686. The molecule has 0 heterocycles. The van der Waals surface area contributed by atoms with Gasteiger partial charge in [0.05, 0.1) is 4.92 Å². The number of halogens is 2. The number of hydrogen-bond donors (Lipinski definition) is 1. The maximum atomic E-state index is 13.7. The first-order valence-electron chi connectivity index (χ1n) is 6.97. The molecule has 7 heteroatoms. The van der Waals surface area contributed by atoms with Crippen LogP contribution in [0.4, 0.5) is 20.2 Å². The molecule has 0 saturated heterocycles. The summed E-state index contributed by atoms with van der Waals surface area (Å²) in [5.41, 5.74) is -0.653. The number of nitro benzene ring substituents is 1. The molecular formula is C14H19F2N3O2. The number of nitro groups is 1. The Morgan fingerprint density at radius 1 is 1.29 bits per heavy atom. The van der Waals surface area contributed by atoms with Crippen molar-refractivity contribution in [3.63, 3.8) is 0 Å². The minimum absolute atomic E-state index is 0.00501. The van der Waals surface area contributed by atoms with Crippen molar-refractivity contribution >= 4 is 11.4 Å². The van der Waals surface area contributed by atoms with Gasteiger partial charge in [0.2, 0.25) is 5.82 Å². The van der Waals surface area contributed by atoms with Crippen LogP contribution in [-0.4, -0.2) is 31.1 Å². The van der Waals surface area contributed by atoms with Gasteiger partial charge in [0.25, 0.3) is 0 Å². The second kappa shape index (κ2) is 6.34. The normalized spacial score (nSPS) is 22.1. The molecule has 0 atom stereocenters. The lowest BCUT2D eigenvalue weighted by Crippen LogP contribution is -2.40. The monoisotopic (exact) mass is 299 g/mol. The fraction of sp³-hybridized carbons (Fsp3) is 0.571. The molecule has 0 radical (unpaired) electrons. The predicted molar refractivity (Wildman–Crippen MR) is 76.5 cm³/mol. The molecule has 1 aliphatic rings. The van der Waals surface area contributed by atoms with Crippen molar-refractivity contribution in [2.24, 2.45) is 0 Å². The van der Waals surface area contributed by atoms with Crippen molar-refractivity contribution in [1.29, 1.82) is 0 Å². The van der Waals surface area contributed by atoms with Gasteiger partial charge in [-0.25, -0.2) is 4.39 Å². The van der Waals surface area contributed by atoms with Crippen LogP contribution in [-0.2, 0) is 0 Å². The van der Waals surface area contributed by atoms with Crippen molar-refractivity contribution in [1.82, 2.24) is 5.32 Å². The Labute approximate surface area is 122 Å². The van der Waals surface area contributed by atoms with Crippen molar-refractivity contribution < 1.29 is 13.7 Å². The topological polar surface area (TPSA) is 58.4 Å². The van der Waals surface area contributed by atoms with Crippen molar-refractivity contribution in [2.75, 3.05) is 19.0 Å². The number of hydrogen-bond acceptors (Lipinski definition) is 4. The van der Waals surface area contributed by atoms with E-state index in [1.807, 2.05) is 7.05 Å². The summed E-state index contributed by atoms with van der Waals surface area (Å²) in [5.74, 6) is -1.94. The molecule has 1 N–H and O–H groups in total. The molecule has 0 amide bonds. The molecule has 1 aromatic carbocycles. The zero-order chi connectivity index (χ0) is 15.6. The highest BCUT2D eigenvalue weighted by atomic mass is 19.1. The minimum Gasteiger partial charge on any atom is -0.366 e. The van der Waals surface area contributed by atoms with Gasteiger partial charge in [0.15, 0.2) is 0 Å². The first-order valence-corrected chi connectivity index (χ1v) is 6.97. The van der Waals surface area contributed by atoms with E-state index in [0.29, 0.717) is 12.1 Å². The number of benzene rings is 1. The summed E-state index contributed by atoms with van der Waals surface area (Å²) in [6.07, 6.45) is 3.54. The van der Waals surface area contributed by atoms with Crippen LogP contribution in [0.1, 0.15) is 25.7 Å². The third kappa shape index (κ3) is 3.29. The standard InChI is InChI=1S/C14H19F2N3O2/c1-17-10-3-5-11(6-4-10)18(2)13-8-9(15)7-12(16)14(13)19(20)21/h7-8,10-11,17H,3-6H2,1-2H3. The van der Waals surface area contributed by atoms with Gasteiger partial charge in [0, 0.05) is 31.3 Å². The van der Waals surface area contributed by atoms with E-state index < -0.39 is 22.2 Å². The molecule has 2 rings (SSSR count). The first-order chi connectivity index (χ1) is 9.93. The lowest BCUT2D eigenvalue weighted by Gasteiger charge is -2.35. The van der Waals surface area contributed by atoms with Gasteiger partial charge in [-0.05, 0) is 32.7 Å². The summed E-state index contributed by atoms with van der Waals surface area (Å²) in [6, 6.07) is 2.07. The molecule has 1 aromatic rings. The molecule has 0 unspecified atom stereocenters. The minimum atomic E-state index is -1.13. The second-order valence-corrected chi connectivity index (χ2v) is 5.42. The van der Waals surface area contributed by atoms with E-state index >= 15 is 0 Å². The van der Waals surface area contributed by atoms with E-state index in [1.165, 1.54) is 0 Å². The van der Waals surface area contributed by atoms with Crippen molar-refractivity contribution in [2.45, 2.75) is 37.8 Å². The molecule has 5 nitrogen and oxygen atoms in total. The van der Waals surface area contributed by atoms with Gasteiger partial charge < -0.3 is 10.2 Å². The third-order valence-corrected chi connectivity index (χ3v) is 4.22. The van der Waals surface area contributed by atoms with E-state index in [2.05, 4.69) is 5.32 Å². The molecule has 21 heavy (non-hydrogen) atoms. The Morgan fingerprint density at radius 3 is 2.43 bits per heavy atom. The molecule has 0 spiro atoms. The second-order valence-electron chi connectivity index (χ2n) is 5.42. The first kappa shape index (κ1) is 15.6. The largest absolute Gasteiger partial charge is 0.366 e. The van der Waals surface area contributed by atoms with E-state index in [9.17, 15) is 18.9 Å². The zero-order valence-corrected chi connectivity index (χ0v) is 12.1. The van der Waals surface area contributed by atoms with Gasteiger partial charge in [0.1, 0.15) is 11.5 Å². The summed E-state index contributed by atoms with van der Waals surface area (Å²) >= 11 is 0. The van der Waals surface area contributed by atoms with Crippen LogP contribution in [0.15, 0.2) is 12.1 Å². The summed E-state index contributed by atoms with van der Waals surface area (Å²) in [6.45, 7) is 0. The highest BCUT2D eigenvalue weighted by molar-refractivity contribution is 5.64. The van der Waals surface area contributed by atoms with Crippen LogP contribution in [0.25, 0.3) is 0 Å². The molecule has 0 aromatic heterocycles. The van der Waals surface area contributed by atoms with E-state index in [0.717, 1.165) is 31.7 Å². The van der Waals surface area contributed by atoms with Crippen LogP contribution < -0.4 is 10.2 Å². The average Bonchev–Trinajstić information content (AvgIpc) is 2.45. The smallest absolute Gasteiger partial charge is 0.328 e. The van der Waals surface area contributed by atoms with Gasteiger partial charge in [-0.3, -0.25) is 10.1 Å². The Bertz CT molecular complexity index is 531. The zero-order valence-electron chi connectivity index (χ0n) is 12.1.